The highest BCUT2D eigenvalue weighted by Crippen LogP contribution is 2.36. The Morgan fingerprint density at radius 1 is 0.844 bits per heavy atom. The molecule has 2 heterocycles. The summed E-state index contributed by atoms with van der Waals surface area (Å²) < 4.78 is 11.9. The van der Waals surface area contributed by atoms with Gasteiger partial charge in [0.1, 0.15) is 12.4 Å². The second kappa shape index (κ2) is 15.6. The summed E-state index contributed by atoms with van der Waals surface area (Å²) in [6.07, 6.45) is 1.64. The molecule has 6 nitrogen and oxygen atoms in total. The SMILES string of the molecule is Br.CC(C(=O)N1CCN(Cc2ccc(C)cc2)CC1)=C(C)c1cc(C)c(Oc2ccc(OCc3ccc(C)cc3)cn2)c(Cl)c1. The molecular formula is C37H41BrClN3O3. The third-order valence-corrected chi connectivity index (χ3v) is 8.45. The molecule has 0 spiro atoms. The Morgan fingerprint density at radius 2 is 1.47 bits per heavy atom. The first-order valence-electron chi connectivity index (χ1n) is 15.0. The zero-order valence-electron chi connectivity index (χ0n) is 26.6. The molecular weight excluding hydrogens is 650 g/mol. The maximum atomic E-state index is 13.4. The lowest BCUT2D eigenvalue weighted by atomic mass is 9.99. The van der Waals surface area contributed by atoms with E-state index < -0.39 is 0 Å². The number of hydrogen-bond donors (Lipinski definition) is 0. The van der Waals surface area contributed by atoms with Gasteiger partial charge in [-0.25, -0.2) is 4.98 Å². The van der Waals surface area contributed by atoms with Crippen LogP contribution in [0.15, 0.2) is 84.6 Å². The minimum Gasteiger partial charge on any atom is -0.487 e. The fraction of sp³-hybridized carbons (Fsp3) is 0.297. The monoisotopic (exact) mass is 689 g/mol. The molecule has 4 aromatic rings. The molecule has 1 aliphatic rings. The molecule has 0 radical (unpaired) electrons. The standard InChI is InChI=1S/C37H40ClN3O3.BrH/c1-25-6-10-30(11-7-25)23-40-16-18-41(19-17-40)37(42)29(5)28(4)32-20-27(3)36(34(38)21-32)44-35-15-14-33(22-39-35)43-24-31-12-8-26(2)9-13-31;/h6-15,20-22H,16-19,23-24H2,1-5H3;1H. The molecule has 45 heavy (non-hydrogen) atoms. The van der Waals surface area contributed by atoms with Gasteiger partial charge in [-0.3, -0.25) is 9.69 Å². The van der Waals surface area contributed by atoms with Crippen LogP contribution in [0.25, 0.3) is 5.57 Å². The molecule has 3 aromatic carbocycles. The molecule has 0 saturated carbocycles. The first-order valence-corrected chi connectivity index (χ1v) is 15.4. The fourth-order valence-corrected chi connectivity index (χ4v) is 5.52. The molecule has 0 N–H and O–H groups in total. The van der Waals surface area contributed by atoms with Gasteiger partial charge in [0.05, 0.1) is 11.2 Å². The summed E-state index contributed by atoms with van der Waals surface area (Å²) in [5.74, 6) is 1.69. The number of carbonyl (C=O) groups is 1. The van der Waals surface area contributed by atoms with Gasteiger partial charge in [-0.2, -0.15) is 0 Å². The van der Waals surface area contributed by atoms with E-state index in [1.54, 1.807) is 12.3 Å². The molecule has 0 unspecified atom stereocenters. The van der Waals surface area contributed by atoms with Gasteiger partial charge in [0.2, 0.25) is 11.8 Å². The lowest BCUT2D eigenvalue weighted by Crippen LogP contribution is -2.48. The van der Waals surface area contributed by atoms with E-state index in [0.29, 0.717) is 42.1 Å². The number of amides is 1. The number of piperazine rings is 1. The van der Waals surface area contributed by atoms with Crippen LogP contribution in [-0.2, 0) is 17.9 Å². The van der Waals surface area contributed by atoms with Crippen LogP contribution in [0.4, 0.5) is 0 Å². The average molecular weight is 691 g/mol. The highest BCUT2D eigenvalue weighted by Gasteiger charge is 2.23. The van der Waals surface area contributed by atoms with Crippen LogP contribution >= 0.6 is 28.6 Å². The van der Waals surface area contributed by atoms with Crippen LogP contribution in [0.2, 0.25) is 5.02 Å². The van der Waals surface area contributed by atoms with Crippen molar-refractivity contribution in [1.82, 2.24) is 14.8 Å². The van der Waals surface area contributed by atoms with Crippen molar-refractivity contribution in [2.75, 3.05) is 26.2 Å². The first-order chi connectivity index (χ1) is 21.2. The molecule has 1 fully saturated rings. The molecule has 8 heteroatoms. The second-order valence-corrected chi connectivity index (χ2v) is 12.0. The lowest BCUT2D eigenvalue weighted by Gasteiger charge is -2.35. The Kier molecular flexibility index (Phi) is 11.8. The number of allylic oxidation sites excluding steroid dienone is 1. The van der Waals surface area contributed by atoms with Gasteiger partial charge in [0.15, 0.2) is 5.75 Å². The number of aryl methyl sites for hydroxylation is 3. The van der Waals surface area contributed by atoms with Crippen molar-refractivity contribution in [2.45, 2.75) is 47.8 Å². The number of nitrogens with zero attached hydrogens (tertiary/aromatic N) is 3. The van der Waals surface area contributed by atoms with E-state index in [1.807, 2.05) is 43.9 Å². The average Bonchev–Trinajstić information content (AvgIpc) is 3.03. The quantitative estimate of drug-likeness (QED) is 0.165. The highest BCUT2D eigenvalue weighted by molar-refractivity contribution is 8.93. The Bertz CT molecular complexity index is 1610. The van der Waals surface area contributed by atoms with Gasteiger partial charge in [-0.05, 0) is 80.6 Å². The summed E-state index contributed by atoms with van der Waals surface area (Å²) in [7, 11) is 0. The van der Waals surface area contributed by atoms with E-state index in [9.17, 15) is 4.79 Å². The number of ether oxygens (including phenoxy) is 2. The Balaban J connectivity index is 0.00000461. The smallest absolute Gasteiger partial charge is 0.249 e. The van der Waals surface area contributed by atoms with Crippen LogP contribution in [-0.4, -0.2) is 46.9 Å². The fourth-order valence-electron chi connectivity index (χ4n) is 5.22. The summed E-state index contributed by atoms with van der Waals surface area (Å²) in [5, 5.41) is 0.464. The zero-order chi connectivity index (χ0) is 31.2. The van der Waals surface area contributed by atoms with E-state index in [-0.39, 0.29) is 22.9 Å². The molecule has 1 saturated heterocycles. The van der Waals surface area contributed by atoms with Crippen molar-refractivity contribution in [1.29, 1.82) is 0 Å². The van der Waals surface area contributed by atoms with E-state index in [4.69, 9.17) is 21.1 Å². The van der Waals surface area contributed by atoms with Gasteiger partial charge in [-0.1, -0.05) is 71.3 Å². The minimum absolute atomic E-state index is 0. The van der Waals surface area contributed by atoms with Gasteiger partial charge in [0, 0.05) is 44.4 Å². The number of aromatic nitrogens is 1. The topological polar surface area (TPSA) is 54.9 Å². The van der Waals surface area contributed by atoms with Gasteiger partial charge < -0.3 is 14.4 Å². The molecule has 0 aliphatic carbocycles. The van der Waals surface area contributed by atoms with Crippen LogP contribution in [0.3, 0.4) is 0 Å². The molecule has 1 aliphatic heterocycles. The van der Waals surface area contributed by atoms with E-state index in [2.05, 4.69) is 72.3 Å². The predicted molar refractivity (Wildman–Crippen MR) is 188 cm³/mol. The Hall–Kier alpha value is -3.65. The van der Waals surface area contributed by atoms with Crippen molar-refractivity contribution < 1.29 is 14.3 Å². The first kappa shape index (κ1) is 34.2. The second-order valence-electron chi connectivity index (χ2n) is 11.6. The highest BCUT2D eigenvalue weighted by atomic mass is 79.9. The van der Waals surface area contributed by atoms with Crippen LogP contribution < -0.4 is 9.47 Å². The van der Waals surface area contributed by atoms with Crippen molar-refractivity contribution in [3.8, 4) is 17.4 Å². The summed E-state index contributed by atoms with van der Waals surface area (Å²) in [4.78, 5) is 22.2. The van der Waals surface area contributed by atoms with E-state index >= 15 is 0 Å². The molecule has 0 atom stereocenters. The summed E-state index contributed by atoms with van der Waals surface area (Å²) >= 11 is 6.71. The number of hydrogen-bond acceptors (Lipinski definition) is 5. The summed E-state index contributed by atoms with van der Waals surface area (Å²) in [6, 6.07) is 24.4. The zero-order valence-corrected chi connectivity index (χ0v) is 29.1. The summed E-state index contributed by atoms with van der Waals surface area (Å²) in [5.41, 5.74) is 8.27. The van der Waals surface area contributed by atoms with Gasteiger partial charge in [-0.15, -0.1) is 17.0 Å². The number of pyridine rings is 1. The Morgan fingerprint density at radius 3 is 2.04 bits per heavy atom. The molecule has 1 amide bonds. The lowest BCUT2D eigenvalue weighted by molar-refractivity contribution is -0.128. The normalized spacial score (nSPS) is 14.0. The van der Waals surface area contributed by atoms with Gasteiger partial charge >= 0.3 is 0 Å². The van der Waals surface area contributed by atoms with Crippen molar-refractivity contribution >= 4 is 40.1 Å². The van der Waals surface area contributed by atoms with Crippen LogP contribution in [0.5, 0.6) is 17.4 Å². The van der Waals surface area contributed by atoms with Crippen molar-refractivity contribution in [2.24, 2.45) is 0 Å². The Labute approximate surface area is 282 Å². The number of rotatable bonds is 9. The third-order valence-electron chi connectivity index (χ3n) is 8.17. The minimum atomic E-state index is 0. The predicted octanol–water partition coefficient (Wildman–Crippen LogP) is 8.75. The van der Waals surface area contributed by atoms with Crippen LogP contribution in [0, 0.1) is 20.8 Å². The molecule has 5 rings (SSSR count). The van der Waals surface area contributed by atoms with Crippen molar-refractivity contribution in [3.05, 3.63) is 123 Å². The number of benzene rings is 3. The maximum absolute atomic E-state index is 13.4. The maximum Gasteiger partial charge on any atom is 0.249 e. The number of halogens is 2. The molecule has 1 aromatic heterocycles. The van der Waals surface area contributed by atoms with E-state index in [1.165, 1.54) is 16.7 Å². The third kappa shape index (κ3) is 8.97. The van der Waals surface area contributed by atoms with Crippen molar-refractivity contribution in [3.63, 3.8) is 0 Å². The number of carbonyl (C=O) groups excluding carboxylic acids is 1. The van der Waals surface area contributed by atoms with Gasteiger partial charge in [0.25, 0.3) is 0 Å². The molecule has 236 valence electrons. The van der Waals surface area contributed by atoms with E-state index in [0.717, 1.165) is 47.5 Å². The van der Waals surface area contributed by atoms with Crippen LogP contribution in [0.1, 0.15) is 47.2 Å². The molecule has 0 bridgehead atoms. The largest absolute Gasteiger partial charge is 0.487 e. The summed E-state index contributed by atoms with van der Waals surface area (Å²) in [6.45, 7) is 14.5.